The molecule has 0 bridgehead atoms. The zero-order chi connectivity index (χ0) is 13.7. The summed E-state index contributed by atoms with van der Waals surface area (Å²) < 4.78 is 5.81. The lowest BCUT2D eigenvalue weighted by Gasteiger charge is -2.30. The number of rotatable bonds is 5. The molecule has 1 atom stereocenters. The molecule has 0 radical (unpaired) electrons. The molecule has 1 heterocycles. The molecule has 0 amide bonds. The number of ether oxygens (including phenoxy) is 1. The van der Waals surface area contributed by atoms with Gasteiger partial charge in [0, 0.05) is 43.0 Å². The second-order valence-electron chi connectivity index (χ2n) is 5.14. The fraction of sp³-hybridized carbons (Fsp3) is 0.600. The Morgan fingerprint density at radius 1 is 1.42 bits per heavy atom. The Labute approximate surface area is 120 Å². The minimum absolute atomic E-state index is 0.347. The smallest absolute Gasteiger partial charge is 0.0749 e. The molecule has 0 aromatic heterocycles. The molecular formula is C15H23ClN2O. The van der Waals surface area contributed by atoms with E-state index >= 15 is 0 Å². The van der Waals surface area contributed by atoms with Crippen molar-refractivity contribution >= 4 is 17.3 Å². The molecule has 106 valence electrons. The van der Waals surface area contributed by atoms with Gasteiger partial charge in [-0.05, 0) is 38.4 Å². The van der Waals surface area contributed by atoms with Crippen LogP contribution >= 0.6 is 11.6 Å². The molecular weight excluding hydrogens is 260 g/mol. The van der Waals surface area contributed by atoms with Gasteiger partial charge in [-0.1, -0.05) is 17.7 Å². The van der Waals surface area contributed by atoms with Crippen LogP contribution in [-0.2, 0) is 11.3 Å². The fourth-order valence-electron chi connectivity index (χ4n) is 2.61. The quantitative estimate of drug-likeness (QED) is 0.898. The second kappa shape index (κ2) is 7.13. The molecule has 3 nitrogen and oxygen atoms in total. The summed E-state index contributed by atoms with van der Waals surface area (Å²) in [6.45, 7) is 2.61. The van der Waals surface area contributed by atoms with Crippen LogP contribution in [0.4, 0.5) is 5.69 Å². The predicted molar refractivity (Wildman–Crippen MR) is 81.1 cm³/mol. The minimum Gasteiger partial charge on any atom is -0.376 e. The highest BCUT2D eigenvalue weighted by Crippen LogP contribution is 2.27. The molecule has 1 aliphatic rings. The topological polar surface area (TPSA) is 24.5 Å². The van der Waals surface area contributed by atoms with Crippen LogP contribution in [0.1, 0.15) is 24.8 Å². The van der Waals surface area contributed by atoms with Gasteiger partial charge in [-0.2, -0.15) is 0 Å². The Morgan fingerprint density at radius 3 is 2.95 bits per heavy atom. The Bertz CT molecular complexity index is 405. The van der Waals surface area contributed by atoms with Gasteiger partial charge >= 0.3 is 0 Å². The van der Waals surface area contributed by atoms with Crippen LogP contribution in [-0.4, -0.2) is 33.4 Å². The maximum absolute atomic E-state index is 6.30. The zero-order valence-corrected chi connectivity index (χ0v) is 12.5. The molecule has 1 aromatic carbocycles. The summed E-state index contributed by atoms with van der Waals surface area (Å²) in [7, 11) is 4.06. The summed E-state index contributed by atoms with van der Waals surface area (Å²) in [6, 6.07) is 6.08. The van der Waals surface area contributed by atoms with Crippen LogP contribution in [0.15, 0.2) is 18.2 Å². The van der Waals surface area contributed by atoms with E-state index < -0.39 is 0 Å². The van der Waals surface area contributed by atoms with Gasteiger partial charge in [0.05, 0.1) is 6.10 Å². The third kappa shape index (κ3) is 3.85. The average molecular weight is 283 g/mol. The van der Waals surface area contributed by atoms with Crippen molar-refractivity contribution in [2.45, 2.75) is 31.9 Å². The van der Waals surface area contributed by atoms with Crippen LogP contribution in [0.2, 0.25) is 5.02 Å². The summed E-state index contributed by atoms with van der Waals surface area (Å²) in [5.41, 5.74) is 2.35. The molecule has 0 aliphatic carbocycles. The predicted octanol–water partition coefficient (Wildman–Crippen LogP) is 3.06. The number of benzene rings is 1. The van der Waals surface area contributed by atoms with E-state index in [0.717, 1.165) is 36.7 Å². The first kappa shape index (κ1) is 14.6. The van der Waals surface area contributed by atoms with Gasteiger partial charge < -0.3 is 15.0 Å². The number of anilines is 1. The lowest BCUT2D eigenvalue weighted by atomic mass is 10.1. The largest absolute Gasteiger partial charge is 0.376 e. The van der Waals surface area contributed by atoms with Crippen molar-refractivity contribution < 1.29 is 4.74 Å². The van der Waals surface area contributed by atoms with Crippen molar-refractivity contribution in [1.82, 2.24) is 5.32 Å². The standard InChI is InChI=1S/C15H23ClN2O/c1-17-10-13-14(16)7-5-8-15(13)18(2)11-12-6-3-4-9-19-12/h5,7-8,12,17H,3-4,6,9-11H2,1-2H3. The van der Waals surface area contributed by atoms with Crippen LogP contribution in [0, 0.1) is 0 Å². The fourth-order valence-corrected chi connectivity index (χ4v) is 2.85. The van der Waals surface area contributed by atoms with Crippen molar-refractivity contribution in [3.05, 3.63) is 28.8 Å². The normalized spacial score (nSPS) is 19.4. The first-order valence-corrected chi connectivity index (χ1v) is 7.35. The van der Waals surface area contributed by atoms with Crippen LogP contribution in [0.25, 0.3) is 0 Å². The zero-order valence-electron chi connectivity index (χ0n) is 11.8. The molecule has 1 N–H and O–H groups in total. The molecule has 1 saturated heterocycles. The van der Waals surface area contributed by atoms with Crippen LogP contribution in [0.3, 0.4) is 0 Å². The Kier molecular flexibility index (Phi) is 5.49. The van der Waals surface area contributed by atoms with E-state index in [4.69, 9.17) is 16.3 Å². The van der Waals surface area contributed by atoms with E-state index in [1.165, 1.54) is 18.5 Å². The maximum atomic E-state index is 6.30. The van der Waals surface area contributed by atoms with Gasteiger partial charge in [-0.25, -0.2) is 0 Å². The molecule has 1 aliphatic heterocycles. The van der Waals surface area contributed by atoms with Gasteiger partial charge in [-0.15, -0.1) is 0 Å². The van der Waals surface area contributed by atoms with Crippen molar-refractivity contribution in [3.63, 3.8) is 0 Å². The van der Waals surface area contributed by atoms with E-state index in [2.05, 4.69) is 23.3 Å². The average Bonchev–Trinajstić information content (AvgIpc) is 2.42. The Hall–Kier alpha value is -0.770. The van der Waals surface area contributed by atoms with E-state index in [-0.39, 0.29) is 0 Å². The summed E-state index contributed by atoms with van der Waals surface area (Å²) >= 11 is 6.30. The SMILES string of the molecule is CNCc1c(Cl)cccc1N(C)CC1CCCCO1. The van der Waals surface area contributed by atoms with E-state index in [1.54, 1.807) is 0 Å². The molecule has 1 fully saturated rings. The van der Waals surface area contributed by atoms with Gasteiger partial charge in [0.25, 0.3) is 0 Å². The lowest BCUT2D eigenvalue weighted by Crippen LogP contribution is -2.34. The van der Waals surface area contributed by atoms with Gasteiger partial charge in [0.1, 0.15) is 0 Å². The van der Waals surface area contributed by atoms with Crippen molar-refractivity contribution in [2.75, 3.05) is 32.1 Å². The third-order valence-electron chi connectivity index (χ3n) is 3.61. The summed E-state index contributed by atoms with van der Waals surface area (Å²) in [5, 5.41) is 4.00. The van der Waals surface area contributed by atoms with Crippen molar-refractivity contribution in [3.8, 4) is 0 Å². The van der Waals surface area contributed by atoms with Gasteiger partial charge in [0.15, 0.2) is 0 Å². The lowest BCUT2D eigenvalue weighted by molar-refractivity contribution is 0.0216. The summed E-state index contributed by atoms with van der Waals surface area (Å²) in [6.07, 6.45) is 3.98. The highest BCUT2D eigenvalue weighted by Gasteiger charge is 2.18. The minimum atomic E-state index is 0.347. The molecule has 2 rings (SSSR count). The number of nitrogens with zero attached hydrogens (tertiary/aromatic N) is 1. The molecule has 4 heteroatoms. The second-order valence-corrected chi connectivity index (χ2v) is 5.54. The number of hydrogen-bond acceptors (Lipinski definition) is 3. The first-order chi connectivity index (χ1) is 9.22. The number of likely N-dealkylation sites (N-methyl/N-ethyl adjacent to an activating group) is 1. The molecule has 0 spiro atoms. The van der Waals surface area contributed by atoms with Crippen LogP contribution in [0.5, 0.6) is 0 Å². The van der Waals surface area contributed by atoms with Crippen molar-refractivity contribution in [2.24, 2.45) is 0 Å². The van der Waals surface area contributed by atoms with Crippen molar-refractivity contribution in [1.29, 1.82) is 0 Å². The molecule has 0 saturated carbocycles. The molecule has 1 unspecified atom stereocenters. The van der Waals surface area contributed by atoms with Crippen LogP contribution < -0.4 is 10.2 Å². The Morgan fingerprint density at radius 2 is 2.26 bits per heavy atom. The number of nitrogens with one attached hydrogen (secondary N) is 1. The molecule has 19 heavy (non-hydrogen) atoms. The highest BCUT2D eigenvalue weighted by molar-refractivity contribution is 6.31. The Balaban J connectivity index is 2.08. The number of hydrogen-bond donors (Lipinski definition) is 1. The van der Waals surface area contributed by atoms with Gasteiger partial charge in [-0.3, -0.25) is 0 Å². The van der Waals surface area contributed by atoms with Gasteiger partial charge in [0.2, 0.25) is 0 Å². The monoisotopic (exact) mass is 282 g/mol. The molecule has 1 aromatic rings. The number of halogens is 1. The highest BCUT2D eigenvalue weighted by atomic mass is 35.5. The van der Waals surface area contributed by atoms with E-state index in [9.17, 15) is 0 Å². The summed E-state index contributed by atoms with van der Waals surface area (Å²) in [5.74, 6) is 0. The maximum Gasteiger partial charge on any atom is 0.0749 e. The first-order valence-electron chi connectivity index (χ1n) is 6.97. The van der Waals surface area contributed by atoms with E-state index in [0.29, 0.717) is 6.10 Å². The summed E-state index contributed by atoms with van der Waals surface area (Å²) in [4.78, 5) is 2.26. The van der Waals surface area contributed by atoms with E-state index in [1.807, 2.05) is 19.2 Å². The third-order valence-corrected chi connectivity index (χ3v) is 3.96.